The van der Waals surface area contributed by atoms with Crippen molar-refractivity contribution in [2.45, 2.75) is 50.2 Å². The third-order valence-electron chi connectivity index (χ3n) is 4.12. The molecular formula is C17H26N2O4S. The molecular weight excluding hydrogens is 328 g/mol. The Labute approximate surface area is 144 Å². The van der Waals surface area contributed by atoms with E-state index in [2.05, 4.69) is 23.9 Å². The number of hydrogen-bond donors (Lipinski definition) is 2. The van der Waals surface area contributed by atoms with Gasteiger partial charge in [0.05, 0.1) is 17.0 Å². The summed E-state index contributed by atoms with van der Waals surface area (Å²) >= 11 is 0. The zero-order valence-corrected chi connectivity index (χ0v) is 15.2. The Hall–Kier alpha value is -1.44. The van der Waals surface area contributed by atoms with Gasteiger partial charge in [0, 0.05) is 7.11 Å². The molecule has 0 spiro atoms. The predicted octanol–water partition coefficient (Wildman–Crippen LogP) is 1.46. The molecule has 1 aromatic carbocycles. The third-order valence-corrected chi connectivity index (χ3v) is 5.48. The standard InChI is InChI=1S/C17H26N2O4S/c1-12(2)10-13-4-6-15(7-5-13)24(21,22)19-17(20)16-11-14(23-3)8-9-18-16/h4-7,12,14,16,18H,8-11H2,1-3H3,(H,19,20). The molecule has 1 heterocycles. The lowest BCUT2D eigenvalue weighted by atomic mass is 10.0. The SMILES string of the molecule is COC1CCNC(C(=O)NS(=O)(=O)c2ccc(CC(C)C)cc2)C1. The number of carbonyl (C=O) groups is 1. The van der Waals surface area contributed by atoms with Crippen molar-refractivity contribution in [1.82, 2.24) is 10.0 Å². The topological polar surface area (TPSA) is 84.5 Å². The number of amides is 1. The van der Waals surface area contributed by atoms with E-state index in [-0.39, 0.29) is 11.0 Å². The summed E-state index contributed by atoms with van der Waals surface area (Å²) in [5, 5.41) is 3.03. The summed E-state index contributed by atoms with van der Waals surface area (Å²) in [6, 6.07) is 6.11. The first kappa shape index (κ1) is 18.9. The molecule has 0 aromatic heterocycles. The molecule has 0 radical (unpaired) electrons. The van der Waals surface area contributed by atoms with Crippen LogP contribution in [0.3, 0.4) is 0 Å². The lowest BCUT2D eigenvalue weighted by Crippen LogP contribution is -2.51. The minimum atomic E-state index is -3.86. The first-order valence-electron chi connectivity index (χ1n) is 8.23. The molecule has 7 heteroatoms. The van der Waals surface area contributed by atoms with Crippen LogP contribution in [0.4, 0.5) is 0 Å². The smallest absolute Gasteiger partial charge is 0.264 e. The number of hydrogen-bond acceptors (Lipinski definition) is 5. The maximum Gasteiger partial charge on any atom is 0.264 e. The highest BCUT2D eigenvalue weighted by Gasteiger charge is 2.29. The van der Waals surface area contributed by atoms with E-state index in [1.54, 1.807) is 31.4 Å². The number of methoxy groups -OCH3 is 1. The Bertz CT molecular complexity index is 656. The van der Waals surface area contributed by atoms with Crippen molar-refractivity contribution < 1.29 is 17.9 Å². The fraction of sp³-hybridized carbons (Fsp3) is 0.588. The lowest BCUT2D eigenvalue weighted by Gasteiger charge is -2.28. The second kappa shape index (κ2) is 8.09. The van der Waals surface area contributed by atoms with Crippen LogP contribution < -0.4 is 10.0 Å². The molecule has 2 rings (SSSR count). The van der Waals surface area contributed by atoms with E-state index in [9.17, 15) is 13.2 Å². The molecule has 1 aromatic rings. The van der Waals surface area contributed by atoms with E-state index >= 15 is 0 Å². The predicted molar refractivity (Wildman–Crippen MR) is 92.1 cm³/mol. The molecule has 6 nitrogen and oxygen atoms in total. The summed E-state index contributed by atoms with van der Waals surface area (Å²) in [5.41, 5.74) is 1.08. The Balaban J connectivity index is 2.03. The second-order valence-corrected chi connectivity index (χ2v) is 8.28. The van der Waals surface area contributed by atoms with Crippen LogP contribution in [0.2, 0.25) is 0 Å². The van der Waals surface area contributed by atoms with Crippen LogP contribution in [-0.2, 0) is 26.0 Å². The number of benzene rings is 1. The van der Waals surface area contributed by atoms with Gasteiger partial charge in [-0.25, -0.2) is 13.1 Å². The van der Waals surface area contributed by atoms with Crippen LogP contribution in [0.5, 0.6) is 0 Å². The Kier molecular flexibility index (Phi) is 6.37. The molecule has 1 amide bonds. The van der Waals surface area contributed by atoms with Crippen LogP contribution >= 0.6 is 0 Å². The first-order valence-corrected chi connectivity index (χ1v) is 9.72. The number of rotatable bonds is 6. The van der Waals surface area contributed by atoms with E-state index in [0.29, 0.717) is 18.9 Å². The van der Waals surface area contributed by atoms with Gasteiger partial charge in [-0.15, -0.1) is 0 Å². The molecule has 1 aliphatic heterocycles. The molecule has 24 heavy (non-hydrogen) atoms. The van der Waals surface area contributed by atoms with E-state index < -0.39 is 22.0 Å². The Morgan fingerprint density at radius 2 is 2.00 bits per heavy atom. The minimum absolute atomic E-state index is 0.0278. The van der Waals surface area contributed by atoms with Crippen molar-refractivity contribution in [1.29, 1.82) is 0 Å². The summed E-state index contributed by atoms with van der Waals surface area (Å²) in [4.78, 5) is 12.4. The van der Waals surface area contributed by atoms with Gasteiger partial charge in [-0.05, 0) is 49.4 Å². The highest BCUT2D eigenvalue weighted by atomic mass is 32.2. The van der Waals surface area contributed by atoms with Crippen molar-refractivity contribution >= 4 is 15.9 Å². The molecule has 2 N–H and O–H groups in total. The minimum Gasteiger partial charge on any atom is -0.381 e. The van der Waals surface area contributed by atoms with Crippen LogP contribution in [-0.4, -0.2) is 40.1 Å². The lowest BCUT2D eigenvalue weighted by molar-refractivity contribution is -0.123. The molecule has 0 saturated carbocycles. The van der Waals surface area contributed by atoms with Crippen molar-refractivity contribution in [3.05, 3.63) is 29.8 Å². The van der Waals surface area contributed by atoms with E-state index in [4.69, 9.17) is 4.74 Å². The summed E-state index contributed by atoms with van der Waals surface area (Å²) in [5.74, 6) is -0.0405. The largest absolute Gasteiger partial charge is 0.381 e. The van der Waals surface area contributed by atoms with Crippen molar-refractivity contribution in [3.8, 4) is 0 Å². The summed E-state index contributed by atoms with van der Waals surface area (Å²) in [6.45, 7) is 4.84. The first-order chi connectivity index (χ1) is 11.3. The second-order valence-electron chi connectivity index (χ2n) is 6.60. The molecule has 134 valence electrons. The highest BCUT2D eigenvalue weighted by molar-refractivity contribution is 7.90. The maximum atomic E-state index is 12.4. The molecule has 2 unspecified atom stereocenters. The molecule has 1 fully saturated rings. The monoisotopic (exact) mass is 354 g/mol. The normalized spacial score (nSPS) is 21.7. The highest BCUT2D eigenvalue weighted by Crippen LogP contribution is 2.15. The van der Waals surface area contributed by atoms with Crippen molar-refractivity contribution in [3.63, 3.8) is 0 Å². The van der Waals surface area contributed by atoms with Gasteiger partial charge in [-0.2, -0.15) is 0 Å². The quantitative estimate of drug-likeness (QED) is 0.808. The van der Waals surface area contributed by atoms with Crippen molar-refractivity contribution in [2.75, 3.05) is 13.7 Å². The van der Waals surface area contributed by atoms with Gasteiger partial charge < -0.3 is 10.1 Å². The van der Waals surface area contributed by atoms with Gasteiger partial charge >= 0.3 is 0 Å². The Morgan fingerprint density at radius 1 is 1.33 bits per heavy atom. The van der Waals surface area contributed by atoms with Crippen LogP contribution in [0.1, 0.15) is 32.3 Å². The van der Waals surface area contributed by atoms with Crippen LogP contribution in [0.15, 0.2) is 29.2 Å². The molecule has 2 atom stereocenters. The van der Waals surface area contributed by atoms with Gasteiger partial charge in [0.2, 0.25) is 0 Å². The zero-order chi connectivity index (χ0) is 17.7. The van der Waals surface area contributed by atoms with E-state index in [1.807, 2.05) is 0 Å². The summed E-state index contributed by atoms with van der Waals surface area (Å²) in [7, 11) is -2.26. The van der Waals surface area contributed by atoms with Crippen molar-refractivity contribution in [2.24, 2.45) is 5.92 Å². The molecule has 0 aliphatic carbocycles. The van der Waals surface area contributed by atoms with Gasteiger partial charge in [0.15, 0.2) is 0 Å². The van der Waals surface area contributed by atoms with Gasteiger partial charge in [0.1, 0.15) is 0 Å². The number of piperidine rings is 1. The third kappa shape index (κ3) is 5.03. The van der Waals surface area contributed by atoms with Gasteiger partial charge in [-0.1, -0.05) is 26.0 Å². The average molecular weight is 354 g/mol. The van der Waals surface area contributed by atoms with Crippen LogP contribution in [0, 0.1) is 5.92 Å². The fourth-order valence-corrected chi connectivity index (χ4v) is 3.85. The summed E-state index contributed by atoms with van der Waals surface area (Å²) < 4.78 is 32.2. The van der Waals surface area contributed by atoms with E-state index in [0.717, 1.165) is 18.4 Å². The maximum absolute atomic E-state index is 12.4. The molecule has 0 bridgehead atoms. The van der Waals surface area contributed by atoms with Crippen LogP contribution in [0.25, 0.3) is 0 Å². The van der Waals surface area contributed by atoms with Gasteiger partial charge in [0.25, 0.3) is 15.9 Å². The molecule has 1 saturated heterocycles. The molecule has 1 aliphatic rings. The summed E-state index contributed by atoms with van der Waals surface area (Å²) in [6.07, 6.45) is 2.13. The van der Waals surface area contributed by atoms with Gasteiger partial charge in [-0.3, -0.25) is 4.79 Å². The van der Waals surface area contributed by atoms with E-state index in [1.165, 1.54) is 0 Å². The number of sulfonamides is 1. The number of carbonyl (C=O) groups excluding carboxylic acids is 1. The fourth-order valence-electron chi connectivity index (χ4n) is 2.84. The Morgan fingerprint density at radius 3 is 2.58 bits per heavy atom. The number of ether oxygens (including phenoxy) is 1. The number of nitrogens with one attached hydrogen (secondary N) is 2. The zero-order valence-electron chi connectivity index (χ0n) is 14.4. The average Bonchev–Trinajstić information content (AvgIpc) is 2.54.